The minimum atomic E-state index is -0.531. The van der Waals surface area contributed by atoms with Crippen molar-refractivity contribution in [1.29, 1.82) is 0 Å². The van der Waals surface area contributed by atoms with E-state index in [4.69, 9.17) is 4.74 Å². The van der Waals surface area contributed by atoms with Gasteiger partial charge in [-0.2, -0.15) is 0 Å². The van der Waals surface area contributed by atoms with E-state index in [2.05, 4.69) is 11.1 Å². The van der Waals surface area contributed by atoms with E-state index < -0.39 is 5.41 Å². The van der Waals surface area contributed by atoms with Crippen LogP contribution in [0.5, 0.6) is 0 Å². The second-order valence-corrected chi connectivity index (χ2v) is 5.78. The number of aromatic amines is 1. The lowest BCUT2D eigenvalue weighted by Gasteiger charge is -2.34. The van der Waals surface area contributed by atoms with Crippen LogP contribution in [0.2, 0.25) is 0 Å². The molecule has 0 bridgehead atoms. The van der Waals surface area contributed by atoms with E-state index in [1.807, 2.05) is 43.1 Å². The summed E-state index contributed by atoms with van der Waals surface area (Å²) in [4.78, 5) is 18.0. The lowest BCUT2D eigenvalue weighted by atomic mass is 9.83. The third-order valence-electron chi connectivity index (χ3n) is 4.10. The van der Waals surface area contributed by atoms with Gasteiger partial charge in [0.15, 0.2) is 0 Å². The highest BCUT2D eigenvalue weighted by atomic mass is 16.5. The number of hydrogen-bond acceptors (Lipinski definition) is 2. The van der Waals surface area contributed by atoms with Crippen LogP contribution in [-0.4, -0.2) is 42.1 Å². The van der Waals surface area contributed by atoms with E-state index in [1.54, 1.807) is 0 Å². The number of H-pyrrole nitrogens is 1. The first kappa shape index (κ1) is 13.2. The highest BCUT2D eigenvalue weighted by Crippen LogP contribution is 2.32. The van der Waals surface area contributed by atoms with Crippen LogP contribution in [0.25, 0.3) is 10.9 Å². The second kappa shape index (κ2) is 4.94. The minimum Gasteiger partial charge on any atom is -0.378 e. The average Bonchev–Trinajstić information content (AvgIpc) is 2.92. The van der Waals surface area contributed by atoms with Crippen LogP contribution >= 0.6 is 0 Å². The predicted molar refractivity (Wildman–Crippen MR) is 78.7 cm³/mol. The molecule has 0 radical (unpaired) electrons. The van der Waals surface area contributed by atoms with Gasteiger partial charge in [-0.3, -0.25) is 4.79 Å². The van der Waals surface area contributed by atoms with Gasteiger partial charge < -0.3 is 14.6 Å². The monoisotopic (exact) mass is 272 g/mol. The number of nitrogens with one attached hydrogen (secondary N) is 1. The molecule has 0 spiro atoms. The van der Waals surface area contributed by atoms with Crippen LogP contribution in [0.1, 0.15) is 19.4 Å². The maximum Gasteiger partial charge on any atom is 0.232 e. The molecule has 0 unspecified atom stereocenters. The maximum absolute atomic E-state index is 12.8. The van der Waals surface area contributed by atoms with Crippen molar-refractivity contribution < 1.29 is 9.53 Å². The second-order valence-electron chi connectivity index (χ2n) is 5.78. The summed E-state index contributed by atoms with van der Waals surface area (Å²) in [7, 11) is 0. The number of morpholine rings is 1. The molecule has 1 fully saturated rings. The minimum absolute atomic E-state index is 0.172. The first-order chi connectivity index (χ1) is 9.60. The van der Waals surface area contributed by atoms with Gasteiger partial charge >= 0.3 is 0 Å². The number of ether oxygens (including phenoxy) is 1. The lowest BCUT2D eigenvalue weighted by Crippen LogP contribution is -2.48. The molecule has 0 atom stereocenters. The molecule has 0 saturated carbocycles. The number of carbonyl (C=O) groups excluding carboxylic acids is 1. The van der Waals surface area contributed by atoms with Gasteiger partial charge in [-0.25, -0.2) is 0 Å². The predicted octanol–water partition coefficient (Wildman–Crippen LogP) is 2.30. The summed E-state index contributed by atoms with van der Waals surface area (Å²) in [6.07, 6.45) is 1.96. The molecule has 20 heavy (non-hydrogen) atoms. The quantitative estimate of drug-likeness (QED) is 0.911. The van der Waals surface area contributed by atoms with Crippen molar-refractivity contribution in [2.45, 2.75) is 19.3 Å². The van der Waals surface area contributed by atoms with Crippen molar-refractivity contribution in [2.24, 2.45) is 0 Å². The summed E-state index contributed by atoms with van der Waals surface area (Å²) in [6.45, 7) is 6.64. The normalized spacial score (nSPS) is 16.6. The Kier molecular flexibility index (Phi) is 3.26. The molecule has 3 rings (SSSR count). The number of nitrogens with zero attached hydrogens (tertiary/aromatic N) is 1. The topological polar surface area (TPSA) is 45.3 Å². The third kappa shape index (κ3) is 2.10. The van der Waals surface area contributed by atoms with Gasteiger partial charge in [-0.05, 0) is 25.5 Å². The lowest BCUT2D eigenvalue weighted by molar-refractivity contribution is -0.140. The van der Waals surface area contributed by atoms with Gasteiger partial charge in [0.1, 0.15) is 0 Å². The Morgan fingerprint density at radius 1 is 1.25 bits per heavy atom. The molecule has 0 aliphatic carbocycles. The molecule has 1 aliphatic rings. The highest BCUT2D eigenvalue weighted by Gasteiger charge is 2.36. The summed E-state index contributed by atoms with van der Waals surface area (Å²) in [5, 5.41) is 1.12. The fourth-order valence-corrected chi connectivity index (χ4v) is 2.87. The number of benzene rings is 1. The highest BCUT2D eigenvalue weighted by molar-refractivity contribution is 5.94. The zero-order valence-corrected chi connectivity index (χ0v) is 12.0. The van der Waals surface area contributed by atoms with Crippen molar-refractivity contribution >= 4 is 16.8 Å². The zero-order valence-electron chi connectivity index (χ0n) is 12.0. The molecular weight excluding hydrogens is 252 g/mol. The van der Waals surface area contributed by atoms with Crippen LogP contribution in [-0.2, 0) is 14.9 Å². The number of carbonyl (C=O) groups is 1. The molecular formula is C16H20N2O2. The number of fused-ring (bicyclic) bond motifs is 1. The molecule has 106 valence electrons. The average molecular weight is 272 g/mol. The Labute approximate surface area is 118 Å². The Bertz CT molecular complexity index is 624. The first-order valence-electron chi connectivity index (χ1n) is 7.04. The zero-order chi connectivity index (χ0) is 14.2. The van der Waals surface area contributed by atoms with Gasteiger partial charge in [-0.15, -0.1) is 0 Å². The number of hydrogen-bond donors (Lipinski definition) is 1. The molecule has 1 saturated heterocycles. The molecule has 2 heterocycles. The van der Waals surface area contributed by atoms with E-state index in [0.717, 1.165) is 16.5 Å². The number of rotatable bonds is 2. The third-order valence-corrected chi connectivity index (χ3v) is 4.10. The molecule has 4 nitrogen and oxygen atoms in total. The molecule has 1 aromatic carbocycles. The van der Waals surface area contributed by atoms with Crippen LogP contribution in [0.3, 0.4) is 0 Å². The Morgan fingerprint density at radius 2 is 1.95 bits per heavy atom. The summed E-state index contributed by atoms with van der Waals surface area (Å²) >= 11 is 0. The number of para-hydroxylation sites is 1. The van der Waals surface area contributed by atoms with Gasteiger partial charge in [0, 0.05) is 30.2 Å². The van der Waals surface area contributed by atoms with E-state index in [-0.39, 0.29) is 5.91 Å². The van der Waals surface area contributed by atoms with Crippen molar-refractivity contribution in [3.05, 3.63) is 36.0 Å². The van der Waals surface area contributed by atoms with Crippen molar-refractivity contribution in [2.75, 3.05) is 26.3 Å². The Balaban J connectivity index is 1.96. The van der Waals surface area contributed by atoms with Gasteiger partial charge in [-0.1, -0.05) is 18.2 Å². The smallest absolute Gasteiger partial charge is 0.232 e. The summed E-state index contributed by atoms with van der Waals surface area (Å²) in [6, 6.07) is 8.11. The van der Waals surface area contributed by atoms with Gasteiger partial charge in [0.05, 0.1) is 18.6 Å². The maximum atomic E-state index is 12.8. The van der Waals surface area contributed by atoms with E-state index in [1.165, 1.54) is 0 Å². The van der Waals surface area contributed by atoms with Crippen LogP contribution < -0.4 is 0 Å². The van der Waals surface area contributed by atoms with Crippen molar-refractivity contribution in [1.82, 2.24) is 9.88 Å². The summed E-state index contributed by atoms with van der Waals surface area (Å²) < 4.78 is 5.32. The fraction of sp³-hybridized carbons (Fsp3) is 0.438. The molecule has 1 aromatic heterocycles. The molecule has 2 aromatic rings. The van der Waals surface area contributed by atoms with Crippen molar-refractivity contribution in [3.63, 3.8) is 0 Å². The van der Waals surface area contributed by atoms with E-state index in [0.29, 0.717) is 26.3 Å². The van der Waals surface area contributed by atoms with Gasteiger partial charge in [0.25, 0.3) is 0 Å². The first-order valence-corrected chi connectivity index (χ1v) is 7.04. The fourth-order valence-electron chi connectivity index (χ4n) is 2.87. The largest absolute Gasteiger partial charge is 0.378 e. The van der Waals surface area contributed by atoms with Crippen molar-refractivity contribution in [3.8, 4) is 0 Å². The number of amides is 1. The van der Waals surface area contributed by atoms with Gasteiger partial charge in [0.2, 0.25) is 5.91 Å². The SMILES string of the molecule is CC(C)(C(=O)N1CCOCC1)c1c[nH]c2ccccc12. The molecule has 1 N–H and O–H groups in total. The Hall–Kier alpha value is -1.81. The molecule has 4 heteroatoms. The summed E-state index contributed by atoms with van der Waals surface area (Å²) in [5.74, 6) is 0.172. The number of aromatic nitrogens is 1. The van der Waals surface area contributed by atoms with E-state index >= 15 is 0 Å². The molecule has 1 aliphatic heterocycles. The molecule has 1 amide bonds. The van der Waals surface area contributed by atoms with Crippen LogP contribution in [0, 0.1) is 0 Å². The van der Waals surface area contributed by atoms with Crippen LogP contribution in [0.15, 0.2) is 30.5 Å². The standard InChI is InChI=1S/C16H20N2O2/c1-16(2,15(19)18-7-9-20-10-8-18)13-11-17-14-6-4-3-5-12(13)14/h3-6,11,17H,7-10H2,1-2H3. The Morgan fingerprint density at radius 3 is 2.70 bits per heavy atom. The summed E-state index contributed by atoms with van der Waals surface area (Å²) in [5.41, 5.74) is 1.60. The van der Waals surface area contributed by atoms with E-state index in [9.17, 15) is 4.79 Å². The van der Waals surface area contributed by atoms with Crippen LogP contribution in [0.4, 0.5) is 0 Å².